The Labute approximate surface area is 107 Å². The molecule has 2 aromatic rings. The van der Waals surface area contributed by atoms with E-state index in [0.29, 0.717) is 12.5 Å². The molecule has 1 heterocycles. The van der Waals surface area contributed by atoms with E-state index in [1.807, 2.05) is 49.4 Å². The highest BCUT2D eigenvalue weighted by atomic mass is 16.5. The average molecular weight is 243 g/mol. The predicted molar refractivity (Wildman–Crippen MR) is 70.5 cm³/mol. The Hall–Kier alpha value is -1.87. The largest absolute Gasteiger partial charge is 0.473 e. The number of benzene rings is 1. The molecular formula is C15H17NO2. The Morgan fingerprint density at radius 2 is 2.00 bits per heavy atom. The number of nitrogens with zero attached hydrogens (tertiary/aromatic N) is 1. The van der Waals surface area contributed by atoms with E-state index in [-0.39, 0.29) is 12.5 Å². The van der Waals surface area contributed by atoms with Crippen LogP contribution in [0.15, 0.2) is 48.7 Å². The average Bonchev–Trinajstić information content (AvgIpc) is 2.45. The lowest BCUT2D eigenvalue weighted by molar-refractivity contribution is 0.271. The van der Waals surface area contributed by atoms with Crippen molar-refractivity contribution in [1.82, 2.24) is 4.98 Å². The molecule has 0 fully saturated rings. The highest BCUT2D eigenvalue weighted by Crippen LogP contribution is 2.18. The number of pyridine rings is 1. The normalized spacial score (nSPS) is 12.1. The van der Waals surface area contributed by atoms with Crippen LogP contribution in [0.2, 0.25) is 0 Å². The molecule has 0 aliphatic rings. The van der Waals surface area contributed by atoms with E-state index < -0.39 is 0 Å². The van der Waals surface area contributed by atoms with Crippen molar-refractivity contribution in [3.63, 3.8) is 0 Å². The molecule has 2 rings (SSSR count). The van der Waals surface area contributed by atoms with Crippen LogP contribution in [0, 0.1) is 0 Å². The van der Waals surface area contributed by atoms with Gasteiger partial charge in [-0.15, -0.1) is 0 Å². The van der Waals surface area contributed by atoms with Gasteiger partial charge in [-0.1, -0.05) is 37.3 Å². The second-order valence-corrected chi connectivity index (χ2v) is 4.29. The molecule has 0 saturated carbocycles. The summed E-state index contributed by atoms with van der Waals surface area (Å²) in [4.78, 5) is 4.17. The summed E-state index contributed by atoms with van der Waals surface area (Å²) >= 11 is 0. The van der Waals surface area contributed by atoms with Gasteiger partial charge in [-0.25, -0.2) is 4.98 Å². The number of aliphatic hydroxyl groups is 1. The van der Waals surface area contributed by atoms with E-state index in [9.17, 15) is 0 Å². The summed E-state index contributed by atoms with van der Waals surface area (Å²) in [5.74, 6) is 0.698. The summed E-state index contributed by atoms with van der Waals surface area (Å²) in [5.41, 5.74) is 2.15. The Morgan fingerprint density at radius 3 is 2.72 bits per heavy atom. The molecule has 0 spiro atoms. The van der Waals surface area contributed by atoms with Crippen LogP contribution in [0.1, 0.15) is 24.0 Å². The quantitative estimate of drug-likeness (QED) is 0.878. The molecule has 0 bridgehead atoms. The first-order chi connectivity index (χ1) is 8.79. The number of aromatic nitrogens is 1. The summed E-state index contributed by atoms with van der Waals surface area (Å²) in [6.07, 6.45) is 1.71. The van der Waals surface area contributed by atoms with Crippen LogP contribution in [0.3, 0.4) is 0 Å². The molecule has 0 unspecified atom stereocenters. The van der Waals surface area contributed by atoms with Gasteiger partial charge in [0.15, 0.2) is 0 Å². The van der Waals surface area contributed by atoms with Crippen molar-refractivity contribution < 1.29 is 9.84 Å². The maximum atomic E-state index is 9.13. The van der Waals surface area contributed by atoms with Crippen LogP contribution in [0.25, 0.3) is 0 Å². The summed E-state index contributed by atoms with van der Waals surface area (Å²) in [5, 5.41) is 9.13. The summed E-state index contributed by atoms with van der Waals surface area (Å²) in [6, 6.07) is 13.7. The van der Waals surface area contributed by atoms with Crippen molar-refractivity contribution in [3.05, 3.63) is 59.8 Å². The first-order valence-corrected chi connectivity index (χ1v) is 6.03. The molecule has 0 amide bonds. The van der Waals surface area contributed by atoms with Gasteiger partial charge < -0.3 is 9.84 Å². The summed E-state index contributed by atoms with van der Waals surface area (Å²) in [6.45, 7) is 2.60. The monoisotopic (exact) mass is 243 g/mol. The molecule has 1 atom stereocenters. The third-order valence-corrected chi connectivity index (χ3v) is 2.83. The van der Waals surface area contributed by atoms with E-state index in [2.05, 4.69) is 4.98 Å². The minimum atomic E-state index is 0.104. The van der Waals surface area contributed by atoms with E-state index in [0.717, 1.165) is 11.1 Å². The third kappa shape index (κ3) is 3.31. The van der Waals surface area contributed by atoms with Crippen molar-refractivity contribution in [3.8, 4) is 5.88 Å². The summed E-state index contributed by atoms with van der Waals surface area (Å²) in [7, 11) is 0. The number of rotatable bonds is 5. The fourth-order valence-electron chi connectivity index (χ4n) is 1.65. The zero-order chi connectivity index (χ0) is 12.8. The van der Waals surface area contributed by atoms with Gasteiger partial charge in [-0.05, 0) is 17.2 Å². The lowest BCUT2D eigenvalue weighted by Gasteiger charge is -2.10. The van der Waals surface area contributed by atoms with Crippen molar-refractivity contribution in [2.24, 2.45) is 0 Å². The third-order valence-electron chi connectivity index (χ3n) is 2.83. The first kappa shape index (κ1) is 12.6. The topological polar surface area (TPSA) is 42.4 Å². The Balaban J connectivity index is 2.01. The number of ether oxygens (including phenoxy) is 1. The van der Waals surface area contributed by atoms with Crippen molar-refractivity contribution >= 4 is 0 Å². The zero-order valence-electron chi connectivity index (χ0n) is 10.4. The van der Waals surface area contributed by atoms with Crippen LogP contribution in [0.5, 0.6) is 5.88 Å². The fraction of sp³-hybridized carbons (Fsp3) is 0.267. The molecule has 0 saturated heterocycles. The number of hydrogen-bond acceptors (Lipinski definition) is 3. The first-order valence-electron chi connectivity index (χ1n) is 6.03. The highest BCUT2D eigenvalue weighted by molar-refractivity contribution is 5.24. The SMILES string of the molecule is C[C@@H](CO)c1ccnc(OCc2ccccc2)c1. The van der Waals surface area contributed by atoms with Gasteiger partial charge in [0.05, 0.1) is 0 Å². The minimum Gasteiger partial charge on any atom is -0.473 e. The van der Waals surface area contributed by atoms with Gasteiger partial charge in [0.2, 0.25) is 5.88 Å². The molecule has 1 aromatic heterocycles. The van der Waals surface area contributed by atoms with Gasteiger partial charge in [-0.3, -0.25) is 0 Å². The van der Waals surface area contributed by atoms with Crippen molar-refractivity contribution in [2.75, 3.05) is 6.61 Å². The van der Waals surface area contributed by atoms with Crippen LogP contribution in [0.4, 0.5) is 0 Å². The Morgan fingerprint density at radius 1 is 1.22 bits per heavy atom. The van der Waals surface area contributed by atoms with E-state index in [1.54, 1.807) is 6.20 Å². The molecule has 3 nitrogen and oxygen atoms in total. The molecule has 0 radical (unpaired) electrons. The van der Waals surface area contributed by atoms with E-state index in [4.69, 9.17) is 9.84 Å². The second-order valence-electron chi connectivity index (χ2n) is 4.29. The van der Waals surface area contributed by atoms with Gasteiger partial charge in [0.1, 0.15) is 6.61 Å². The lowest BCUT2D eigenvalue weighted by Crippen LogP contribution is -2.01. The molecule has 0 aliphatic heterocycles. The van der Waals surface area contributed by atoms with Gasteiger partial charge >= 0.3 is 0 Å². The number of aliphatic hydroxyl groups excluding tert-OH is 1. The summed E-state index contributed by atoms with van der Waals surface area (Å²) < 4.78 is 5.63. The minimum absolute atomic E-state index is 0.104. The van der Waals surface area contributed by atoms with Crippen molar-refractivity contribution in [2.45, 2.75) is 19.4 Å². The van der Waals surface area contributed by atoms with Crippen molar-refractivity contribution in [1.29, 1.82) is 0 Å². The molecule has 1 aromatic carbocycles. The maximum Gasteiger partial charge on any atom is 0.213 e. The molecule has 18 heavy (non-hydrogen) atoms. The standard InChI is InChI=1S/C15H17NO2/c1-12(10-17)14-7-8-16-15(9-14)18-11-13-5-3-2-4-6-13/h2-9,12,17H,10-11H2,1H3/t12-/m0/s1. The van der Waals surface area contributed by atoms with E-state index >= 15 is 0 Å². The van der Waals surface area contributed by atoms with Crippen LogP contribution in [-0.4, -0.2) is 16.7 Å². The molecule has 1 N–H and O–H groups in total. The molecule has 3 heteroatoms. The fourth-order valence-corrected chi connectivity index (χ4v) is 1.65. The Kier molecular flexibility index (Phi) is 4.31. The highest BCUT2D eigenvalue weighted by Gasteiger charge is 2.05. The Bertz CT molecular complexity index is 485. The van der Waals surface area contributed by atoms with Crippen LogP contribution >= 0.6 is 0 Å². The van der Waals surface area contributed by atoms with E-state index in [1.165, 1.54) is 0 Å². The molecule has 0 aliphatic carbocycles. The second kappa shape index (κ2) is 6.17. The van der Waals surface area contributed by atoms with Crippen LogP contribution in [-0.2, 0) is 6.61 Å². The lowest BCUT2D eigenvalue weighted by atomic mass is 10.0. The smallest absolute Gasteiger partial charge is 0.213 e. The van der Waals surface area contributed by atoms with Gasteiger partial charge in [0, 0.05) is 24.8 Å². The molecule has 94 valence electrons. The maximum absolute atomic E-state index is 9.13. The predicted octanol–water partition coefficient (Wildman–Crippen LogP) is 2.76. The molecular weight excluding hydrogens is 226 g/mol. The van der Waals surface area contributed by atoms with Gasteiger partial charge in [0.25, 0.3) is 0 Å². The van der Waals surface area contributed by atoms with Crippen LogP contribution < -0.4 is 4.74 Å². The number of hydrogen-bond donors (Lipinski definition) is 1. The zero-order valence-corrected chi connectivity index (χ0v) is 10.4. The van der Waals surface area contributed by atoms with Gasteiger partial charge in [-0.2, -0.15) is 0 Å².